The van der Waals surface area contributed by atoms with Crippen LogP contribution in [0.3, 0.4) is 0 Å². The van der Waals surface area contributed by atoms with E-state index in [1.165, 1.54) is 12.1 Å². The number of nitrogens with zero attached hydrogens (tertiary/aromatic N) is 2. The topological polar surface area (TPSA) is 82.7 Å². The van der Waals surface area contributed by atoms with Crippen LogP contribution in [0, 0.1) is 5.82 Å². The van der Waals surface area contributed by atoms with Crippen molar-refractivity contribution in [2.45, 2.75) is 6.42 Å². The third-order valence-corrected chi connectivity index (χ3v) is 4.38. The summed E-state index contributed by atoms with van der Waals surface area (Å²) in [6.45, 7) is 0.458. The lowest BCUT2D eigenvalue weighted by Crippen LogP contribution is -2.25. The highest BCUT2D eigenvalue weighted by Gasteiger charge is 2.08. The van der Waals surface area contributed by atoms with E-state index in [1.807, 2.05) is 6.20 Å². The number of fused-ring (bicyclic) bond motifs is 1. The fourth-order valence-corrected chi connectivity index (χ4v) is 2.97. The summed E-state index contributed by atoms with van der Waals surface area (Å²) in [5.41, 5.74) is 3.21. The second-order valence-corrected chi connectivity index (χ2v) is 6.28. The molecule has 140 valence electrons. The summed E-state index contributed by atoms with van der Waals surface area (Å²) in [5, 5.41) is 6.80. The first-order chi connectivity index (χ1) is 13.7. The second kappa shape index (κ2) is 7.87. The molecule has 2 aromatic carbocycles. The molecule has 2 heterocycles. The van der Waals surface area contributed by atoms with E-state index in [4.69, 9.17) is 0 Å². The average molecular weight is 375 g/mol. The van der Waals surface area contributed by atoms with Crippen molar-refractivity contribution in [3.05, 3.63) is 84.1 Å². The lowest BCUT2D eigenvalue weighted by Gasteiger charge is -2.07. The molecule has 0 unspecified atom stereocenters. The van der Waals surface area contributed by atoms with E-state index < -0.39 is 0 Å². The van der Waals surface area contributed by atoms with Crippen molar-refractivity contribution in [3.8, 4) is 0 Å². The van der Waals surface area contributed by atoms with Gasteiger partial charge in [-0.25, -0.2) is 14.4 Å². The number of carbonyl (C=O) groups is 1. The summed E-state index contributed by atoms with van der Waals surface area (Å²) < 4.78 is 13.4. The maximum atomic E-state index is 13.4. The number of benzene rings is 2. The zero-order valence-electron chi connectivity index (χ0n) is 14.9. The molecule has 0 radical (unpaired) electrons. The Hall–Kier alpha value is -3.74. The molecule has 28 heavy (non-hydrogen) atoms. The molecule has 7 heteroatoms. The molecule has 0 aliphatic rings. The molecule has 6 nitrogen and oxygen atoms in total. The second-order valence-electron chi connectivity index (χ2n) is 6.28. The molecule has 0 saturated heterocycles. The van der Waals surface area contributed by atoms with Crippen LogP contribution in [0.5, 0.6) is 0 Å². The Labute approximate surface area is 160 Å². The third kappa shape index (κ3) is 3.98. The lowest BCUT2D eigenvalue weighted by molar-refractivity contribution is 0.0954. The standard InChI is InChI=1S/C21H18FN5O/c22-16-4-7-19-18(12-16)15(13-26-19)8-11-23-20(28)14-2-5-17(6-3-14)27-21-24-9-1-10-25-21/h1-7,9-10,12-13,26H,8,11H2,(H,23,28)(H,24,25,27). The minimum atomic E-state index is -0.271. The van der Waals surface area contributed by atoms with Crippen LogP contribution in [0.15, 0.2) is 67.1 Å². The Morgan fingerprint density at radius 1 is 1.07 bits per heavy atom. The van der Waals surface area contributed by atoms with Gasteiger partial charge in [-0.3, -0.25) is 4.79 Å². The zero-order valence-corrected chi connectivity index (χ0v) is 14.9. The van der Waals surface area contributed by atoms with Gasteiger partial charge in [0.15, 0.2) is 0 Å². The molecule has 0 atom stereocenters. The summed E-state index contributed by atoms with van der Waals surface area (Å²) >= 11 is 0. The van der Waals surface area contributed by atoms with Crippen molar-refractivity contribution in [3.63, 3.8) is 0 Å². The number of hydrogen-bond donors (Lipinski definition) is 3. The molecule has 0 aliphatic heterocycles. The van der Waals surface area contributed by atoms with Crippen LogP contribution in [0.4, 0.5) is 16.0 Å². The molecule has 0 spiro atoms. The molecule has 0 saturated carbocycles. The summed E-state index contributed by atoms with van der Waals surface area (Å²) in [7, 11) is 0. The van der Waals surface area contributed by atoms with E-state index in [1.54, 1.807) is 48.8 Å². The van der Waals surface area contributed by atoms with Crippen molar-refractivity contribution < 1.29 is 9.18 Å². The molecular formula is C21H18FN5O. The van der Waals surface area contributed by atoms with Gasteiger partial charge in [-0.15, -0.1) is 0 Å². The van der Waals surface area contributed by atoms with Crippen LogP contribution in [0.25, 0.3) is 10.9 Å². The summed E-state index contributed by atoms with van der Waals surface area (Å²) in [4.78, 5) is 23.6. The molecule has 3 N–H and O–H groups in total. The number of carbonyl (C=O) groups excluding carboxylic acids is 1. The average Bonchev–Trinajstić information content (AvgIpc) is 3.11. The Kier molecular flexibility index (Phi) is 4.97. The highest BCUT2D eigenvalue weighted by atomic mass is 19.1. The SMILES string of the molecule is O=C(NCCc1c[nH]c2ccc(F)cc12)c1ccc(Nc2ncccn2)cc1. The molecule has 4 aromatic rings. The van der Waals surface area contributed by atoms with Crippen molar-refractivity contribution in [1.29, 1.82) is 0 Å². The predicted octanol–water partition coefficient (Wildman–Crippen LogP) is 3.81. The van der Waals surface area contributed by atoms with Crippen LogP contribution in [-0.4, -0.2) is 27.4 Å². The molecule has 0 aliphatic carbocycles. The number of rotatable bonds is 6. The van der Waals surface area contributed by atoms with Crippen LogP contribution in [-0.2, 0) is 6.42 Å². The van der Waals surface area contributed by atoms with Gasteiger partial charge in [0.25, 0.3) is 5.91 Å². The largest absolute Gasteiger partial charge is 0.361 e. The summed E-state index contributed by atoms with van der Waals surface area (Å²) in [6.07, 6.45) is 5.76. The van der Waals surface area contributed by atoms with Crippen LogP contribution >= 0.6 is 0 Å². The van der Waals surface area contributed by atoms with Crippen LogP contribution < -0.4 is 10.6 Å². The minimum Gasteiger partial charge on any atom is -0.361 e. The molecule has 4 rings (SSSR count). The first-order valence-electron chi connectivity index (χ1n) is 8.87. The highest BCUT2D eigenvalue weighted by molar-refractivity contribution is 5.94. The predicted molar refractivity (Wildman–Crippen MR) is 106 cm³/mol. The maximum absolute atomic E-state index is 13.4. The van der Waals surface area contributed by atoms with E-state index in [9.17, 15) is 9.18 Å². The van der Waals surface area contributed by atoms with E-state index in [0.29, 0.717) is 24.5 Å². The van der Waals surface area contributed by atoms with Crippen molar-refractivity contribution in [1.82, 2.24) is 20.3 Å². The zero-order chi connectivity index (χ0) is 19.3. The fraction of sp³-hybridized carbons (Fsp3) is 0.0952. The van der Waals surface area contributed by atoms with Gasteiger partial charge in [0.2, 0.25) is 5.95 Å². The van der Waals surface area contributed by atoms with Gasteiger partial charge in [0.05, 0.1) is 0 Å². The number of aromatic amines is 1. The van der Waals surface area contributed by atoms with Crippen LogP contribution in [0.1, 0.15) is 15.9 Å². The molecule has 0 fully saturated rings. The van der Waals surface area contributed by atoms with Gasteiger partial charge in [-0.05, 0) is 60.5 Å². The number of amides is 1. The molecule has 0 bridgehead atoms. The third-order valence-electron chi connectivity index (χ3n) is 4.38. The number of anilines is 2. The van der Waals surface area contributed by atoms with Crippen molar-refractivity contribution >= 4 is 28.4 Å². The Balaban J connectivity index is 1.34. The number of nitrogens with one attached hydrogen (secondary N) is 3. The van der Waals surface area contributed by atoms with Crippen LogP contribution in [0.2, 0.25) is 0 Å². The van der Waals surface area contributed by atoms with Gasteiger partial charge in [0, 0.05) is 47.3 Å². The summed E-state index contributed by atoms with van der Waals surface area (Å²) in [5.74, 6) is 0.0652. The monoisotopic (exact) mass is 375 g/mol. The van der Waals surface area contributed by atoms with Crippen molar-refractivity contribution in [2.75, 3.05) is 11.9 Å². The van der Waals surface area contributed by atoms with E-state index in [0.717, 1.165) is 22.2 Å². The highest BCUT2D eigenvalue weighted by Crippen LogP contribution is 2.19. The quantitative estimate of drug-likeness (QED) is 0.479. The Morgan fingerprint density at radius 2 is 1.86 bits per heavy atom. The first kappa shape index (κ1) is 17.7. The Bertz CT molecular complexity index is 1090. The minimum absolute atomic E-state index is 0.159. The fourth-order valence-electron chi connectivity index (χ4n) is 2.97. The van der Waals surface area contributed by atoms with Gasteiger partial charge in [0.1, 0.15) is 5.82 Å². The number of H-pyrrole nitrogens is 1. The summed E-state index contributed by atoms with van der Waals surface area (Å²) in [6, 6.07) is 13.5. The number of hydrogen-bond acceptors (Lipinski definition) is 4. The van der Waals surface area contributed by atoms with E-state index in [2.05, 4.69) is 25.6 Å². The maximum Gasteiger partial charge on any atom is 0.251 e. The van der Waals surface area contributed by atoms with E-state index >= 15 is 0 Å². The molecular weight excluding hydrogens is 357 g/mol. The number of halogens is 1. The van der Waals surface area contributed by atoms with Crippen molar-refractivity contribution in [2.24, 2.45) is 0 Å². The van der Waals surface area contributed by atoms with Gasteiger partial charge in [-0.1, -0.05) is 0 Å². The van der Waals surface area contributed by atoms with Gasteiger partial charge in [-0.2, -0.15) is 0 Å². The normalized spacial score (nSPS) is 10.8. The number of aromatic nitrogens is 3. The molecule has 2 aromatic heterocycles. The smallest absolute Gasteiger partial charge is 0.251 e. The van der Waals surface area contributed by atoms with Gasteiger partial charge >= 0.3 is 0 Å². The lowest BCUT2D eigenvalue weighted by atomic mass is 10.1. The van der Waals surface area contributed by atoms with Gasteiger partial charge < -0.3 is 15.6 Å². The van der Waals surface area contributed by atoms with E-state index in [-0.39, 0.29) is 11.7 Å². The first-order valence-corrected chi connectivity index (χ1v) is 8.87. The molecule has 1 amide bonds. The Morgan fingerprint density at radius 3 is 2.64 bits per heavy atom.